The molecule has 3 nitrogen and oxygen atoms in total. The normalized spacial score (nSPS) is 10.4. The largest absolute Gasteiger partial charge is 0.304 e. The van der Waals surface area contributed by atoms with Crippen molar-refractivity contribution >= 4 is 5.69 Å². The van der Waals surface area contributed by atoms with Gasteiger partial charge in [-0.25, -0.2) is 8.78 Å². The van der Waals surface area contributed by atoms with Crippen LogP contribution in [0.15, 0.2) is 36.4 Å². The Bertz CT molecular complexity index is 629. The number of rotatable bonds is 2. The van der Waals surface area contributed by atoms with Crippen LogP contribution in [0.2, 0.25) is 0 Å². The molecule has 0 saturated carbocycles. The molecule has 0 radical (unpaired) electrons. The second-order valence-electron chi connectivity index (χ2n) is 3.55. The Kier molecular flexibility index (Phi) is 3.01. The van der Waals surface area contributed by atoms with Gasteiger partial charge in [-0.15, -0.1) is 0 Å². The Hall–Kier alpha value is -2.37. The van der Waals surface area contributed by atoms with Crippen molar-refractivity contribution in [3.8, 4) is 11.1 Å². The Morgan fingerprint density at radius 3 is 2.28 bits per heavy atom. The second kappa shape index (κ2) is 4.48. The zero-order valence-corrected chi connectivity index (χ0v) is 8.86. The predicted molar refractivity (Wildman–Crippen MR) is 58.4 cm³/mol. The highest BCUT2D eigenvalue weighted by Crippen LogP contribution is 2.27. The van der Waals surface area contributed by atoms with Crippen molar-refractivity contribution in [2.24, 2.45) is 0 Å². The lowest BCUT2D eigenvalue weighted by atomic mass is 10.0. The summed E-state index contributed by atoms with van der Waals surface area (Å²) in [6.45, 7) is 0. The Balaban J connectivity index is 2.55. The molecular formula is C12H6F3NO2. The van der Waals surface area contributed by atoms with Gasteiger partial charge in [0.05, 0.1) is 4.92 Å². The van der Waals surface area contributed by atoms with E-state index in [0.717, 1.165) is 30.3 Å². The van der Waals surface area contributed by atoms with Crippen LogP contribution in [-0.4, -0.2) is 4.92 Å². The molecule has 0 bridgehead atoms. The molecule has 0 aliphatic carbocycles. The fourth-order valence-electron chi connectivity index (χ4n) is 1.54. The fraction of sp³-hybridized carbons (Fsp3) is 0. The maximum Gasteiger partial charge on any atom is 0.304 e. The van der Waals surface area contributed by atoms with Crippen LogP contribution in [0.4, 0.5) is 18.9 Å². The maximum atomic E-state index is 13.4. The first-order chi connectivity index (χ1) is 8.49. The Labute approximate surface area is 99.6 Å². The first-order valence-electron chi connectivity index (χ1n) is 4.88. The Morgan fingerprint density at radius 1 is 0.944 bits per heavy atom. The molecule has 0 aliphatic heterocycles. The average Bonchev–Trinajstić information content (AvgIpc) is 2.31. The molecule has 2 aromatic carbocycles. The summed E-state index contributed by atoms with van der Waals surface area (Å²) in [6, 6.07) is 5.62. The zero-order valence-electron chi connectivity index (χ0n) is 8.86. The molecule has 0 aliphatic rings. The summed E-state index contributed by atoms with van der Waals surface area (Å²) in [4.78, 5) is 9.53. The van der Waals surface area contributed by atoms with Gasteiger partial charge in [0, 0.05) is 11.6 Å². The molecule has 0 N–H and O–H groups in total. The van der Waals surface area contributed by atoms with E-state index in [1.54, 1.807) is 0 Å². The molecule has 0 atom stereocenters. The standard InChI is InChI=1S/C12H6F3NO2/c13-8-2-3-10(14)9(6-8)7-1-4-12(16(17)18)11(15)5-7/h1-6H. The van der Waals surface area contributed by atoms with E-state index >= 15 is 0 Å². The van der Waals surface area contributed by atoms with Gasteiger partial charge >= 0.3 is 5.69 Å². The van der Waals surface area contributed by atoms with Crippen molar-refractivity contribution < 1.29 is 18.1 Å². The monoisotopic (exact) mass is 253 g/mol. The first kappa shape index (κ1) is 12.1. The van der Waals surface area contributed by atoms with Gasteiger partial charge in [-0.05, 0) is 35.9 Å². The van der Waals surface area contributed by atoms with Crippen molar-refractivity contribution in [2.45, 2.75) is 0 Å². The Morgan fingerprint density at radius 2 is 1.67 bits per heavy atom. The van der Waals surface area contributed by atoms with Crippen LogP contribution < -0.4 is 0 Å². The number of nitro benzene ring substituents is 1. The minimum atomic E-state index is -1.10. The van der Waals surface area contributed by atoms with Crippen molar-refractivity contribution in [3.05, 3.63) is 64.0 Å². The summed E-state index contributed by atoms with van der Waals surface area (Å²) in [5.74, 6) is -2.50. The summed E-state index contributed by atoms with van der Waals surface area (Å²) in [5, 5.41) is 10.4. The zero-order chi connectivity index (χ0) is 13.3. The van der Waals surface area contributed by atoms with E-state index in [1.165, 1.54) is 6.07 Å². The quantitative estimate of drug-likeness (QED) is 0.605. The summed E-state index contributed by atoms with van der Waals surface area (Å²) in [5.41, 5.74) is -0.825. The average molecular weight is 253 g/mol. The van der Waals surface area contributed by atoms with Crippen molar-refractivity contribution in [2.75, 3.05) is 0 Å². The van der Waals surface area contributed by atoms with Gasteiger partial charge in [-0.2, -0.15) is 4.39 Å². The van der Waals surface area contributed by atoms with Crippen LogP contribution in [0.5, 0.6) is 0 Å². The minimum Gasteiger partial charge on any atom is -0.258 e. The van der Waals surface area contributed by atoms with Crippen molar-refractivity contribution in [1.82, 2.24) is 0 Å². The predicted octanol–water partition coefficient (Wildman–Crippen LogP) is 3.68. The van der Waals surface area contributed by atoms with E-state index in [9.17, 15) is 23.3 Å². The lowest BCUT2D eigenvalue weighted by Gasteiger charge is -2.04. The van der Waals surface area contributed by atoms with E-state index in [0.29, 0.717) is 0 Å². The van der Waals surface area contributed by atoms with Gasteiger partial charge < -0.3 is 0 Å². The van der Waals surface area contributed by atoms with E-state index in [2.05, 4.69) is 0 Å². The molecule has 0 heterocycles. The van der Waals surface area contributed by atoms with Crippen LogP contribution in [0.1, 0.15) is 0 Å². The molecule has 2 aromatic rings. The smallest absolute Gasteiger partial charge is 0.258 e. The lowest BCUT2D eigenvalue weighted by Crippen LogP contribution is -1.93. The van der Waals surface area contributed by atoms with Gasteiger partial charge in [0.15, 0.2) is 0 Å². The summed E-state index contributed by atoms with van der Waals surface area (Å²) >= 11 is 0. The number of halogens is 3. The highest BCUT2D eigenvalue weighted by molar-refractivity contribution is 5.65. The van der Waals surface area contributed by atoms with Crippen molar-refractivity contribution in [1.29, 1.82) is 0 Å². The molecule has 2 rings (SSSR count). The van der Waals surface area contributed by atoms with Crippen LogP contribution in [0, 0.1) is 27.6 Å². The van der Waals surface area contributed by atoms with Crippen LogP contribution in [-0.2, 0) is 0 Å². The third kappa shape index (κ3) is 2.17. The molecule has 0 fully saturated rings. The second-order valence-corrected chi connectivity index (χ2v) is 3.55. The number of hydrogen-bond acceptors (Lipinski definition) is 2. The molecule has 0 unspecified atom stereocenters. The number of nitro groups is 1. The van der Waals surface area contributed by atoms with Crippen LogP contribution in [0.25, 0.3) is 11.1 Å². The molecule has 0 amide bonds. The molecule has 0 spiro atoms. The van der Waals surface area contributed by atoms with E-state index in [-0.39, 0.29) is 11.1 Å². The summed E-state index contributed by atoms with van der Waals surface area (Å²) < 4.78 is 39.8. The van der Waals surface area contributed by atoms with Gasteiger partial charge in [0.1, 0.15) is 11.6 Å². The van der Waals surface area contributed by atoms with Crippen LogP contribution in [0.3, 0.4) is 0 Å². The fourth-order valence-corrected chi connectivity index (χ4v) is 1.54. The topological polar surface area (TPSA) is 43.1 Å². The highest BCUT2D eigenvalue weighted by Gasteiger charge is 2.16. The molecule has 18 heavy (non-hydrogen) atoms. The highest BCUT2D eigenvalue weighted by atomic mass is 19.1. The number of hydrogen-bond donors (Lipinski definition) is 0. The van der Waals surface area contributed by atoms with Gasteiger partial charge in [0.25, 0.3) is 0 Å². The molecule has 92 valence electrons. The van der Waals surface area contributed by atoms with Gasteiger partial charge in [-0.3, -0.25) is 10.1 Å². The van der Waals surface area contributed by atoms with Gasteiger partial charge in [-0.1, -0.05) is 0 Å². The van der Waals surface area contributed by atoms with Crippen LogP contribution >= 0.6 is 0 Å². The van der Waals surface area contributed by atoms with Crippen molar-refractivity contribution in [3.63, 3.8) is 0 Å². The lowest BCUT2D eigenvalue weighted by molar-refractivity contribution is -0.387. The third-order valence-corrected chi connectivity index (χ3v) is 2.38. The SMILES string of the molecule is O=[N+]([O-])c1ccc(-c2cc(F)ccc2F)cc1F. The summed E-state index contributed by atoms with van der Waals surface area (Å²) in [7, 11) is 0. The van der Waals surface area contributed by atoms with E-state index in [1.807, 2.05) is 0 Å². The molecule has 0 aromatic heterocycles. The summed E-state index contributed by atoms with van der Waals surface area (Å²) in [6.07, 6.45) is 0. The molecular weight excluding hydrogens is 247 g/mol. The van der Waals surface area contributed by atoms with E-state index in [4.69, 9.17) is 0 Å². The third-order valence-electron chi connectivity index (χ3n) is 2.38. The molecule has 6 heteroatoms. The van der Waals surface area contributed by atoms with E-state index < -0.39 is 28.1 Å². The minimum absolute atomic E-state index is 0.0371. The maximum absolute atomic E-state index is 13.4. The first-order valence-corrected chi connectivity index (χ1v) is 4.88. The molecule has 0 saturated heterocycles. The number of nitrogens with zero attached hydrogens (tertiary/aromatic N) is 1. The van der Waals surface area contributed by atoms with Gasteiger partial charge in [0.2, 0.25) is 5.82 Å². The number of benzene rings is 2.